The fraction of sp³-hybridized carbons (Fsp3) is 0.417. The summed E-state index contributed by atoms with van der Waals surface area (Å²) in [5, 5.41) is 5.70. The average Bonchev–Trinajstić information content (AvgIpc) is 2.67. The van der Waals surface area contributed by atoms with Gasteiger partial charge in [0, 0.05) is 11.7 Å². The van der Waals surface area contributed by atoms with Crippen LogP contribution in [0, 0.1) is 0 Å². The molecular formula is C12H17ClN2O3S. The van der Waals surface area contributed by atoms with E-state index in [0.717, 1.165) is 5.69 Å². The number of halogens is 1. The van der Waals surface area contributed by atoms with Gasteiger partial charge in [-0.2, -0.15) is 0 Å². The molecule has 1 aliphatic rings. The Hall–Kier alpha value is -1.27. The van der Waals surface area contributed by atoms with Crippen LogP contribution in [-0.2, 0) is 14.6 Å². The minimum atomic E-state index is -2.94. The first-order valence-electron chi connectivity index (χ1n) is 5.84. The van der Waals surface area contributed by atoms with E-state index in [1.165, 1.54) is 0 Å². The molecule has 106 valence electrons. The largest absolute Gasteiger partial charge is 0.376 e. The third-order valence-corrected chi connectivity index (χ3v) is 4.59. The van der Waals surface area contributed by atoms with Gasteiger partial charge in [-0.15, -0.1) is 12.4 Å². The minimum Gasteiger partial charge on any atom is -0.376 e. The Morgan fingerprint density at radius 3 is 2.53 bits per heavy atom. The molecule has 1 heterocycles. The highest BCUT2D eigenvalue weighted by atomic mass is 35.5. The van der Waals surface area contributed by atoms with Crippen molar-refractivity contribution in [1.82, 2.24) is 5.32 Å². The van der Waals surface area contributed by atoms with E-state index in [0.29, 0.717) is 6.42 Å². The smallest absolute Gasteiger partial charge is 0.239 e. The lowest BCUT2D eigenvalue weighted by molar-refractivity contribution is -0.119. The van der Waals surface area contributed by atoms with Gasteiger partial charge in [0.25, 0.3) is 0 Å². The molecule has 0 bridgehead atoms. The molecule has 1 saturated heterocycles. The number of nitrogens with one attached hydrogen (secondary N) is 2. The summed E-state index contributed by atoms with van der Waals surface area (Å²) in [6.07, 6.45) is 0.513. The molecule has 0 saturated carbocycles. The molecule has 0 aliphatic carbocycles. The van der Waals surface area contributed by atoms with Gasteiger partial charge in [0.2, 0.25) is 5.91 Å². The van der Waals surface area contributed by atoms with Gasteiger partial charge in [0.1, 0.15) is 0 Å². The van der Waals surface area contributed by atoms with E-state index in [1.807, 2.05) is 30.3 Å². The Balaban J connectivity index is 0.00000180. The molecule has 1 aromatic rings. The summed E-state index contributed by atoms with van der Waals surface area (Å²) in [6, 6.07) is 9.16. The van der Waals surface area contributed by atoms with Gasteiger partial charge in [-0.25, -0.2) is 8.42 Å². The summed E-state index contributed by atoms with van der Waals surface area (Å²) < 4.78 is 22.5. The molecule has 1 aromatic carbocycles. The SMILES string of the molecule is Cl.O=C(CNc1ccccc1)NC1CCS(=O)(=O)C1. The van der Waals surface area contributed by atoms with Gasteiger partial charge in [-0.1, -0.05) is 18.2 Å². The number of sulfone groups is 1. The maximum absolute atomic E-state index is 11.6. The normalized spacial score (nSPS) is 20.3. The fourth-order valence-electron chi connectivity index (χ4n) is 1.93. The van der Waals surface area contributed by atoms with Crippen LogP contribution in [0.5, 0.6) is 0 Å². The highest BCUT2D eigenvalue weighted by Gasteiger charge is 2.28. The molecule has 1 fully saturated rings. The van der Waals surface area contributed by atoms with Gasteiger partial charge < -0.3 is 10.6 Å². The Morgan fingerprint density at radius 1 is 1.26 bits per heavy atom. The van der Waals surface area contributed by atoms with Crippen LogP contribution in [0.2, 0.25) is 0 Å². The number of para-hydroxylation sites is 1. The first-order chi connectivity index (χ1) is 8.55. The van der Waals surface area contributed by atoms with Crippen LogP contribution in [0.15, 0.2) is 30.3 Å². The van der Waals surface area contributed by atoms with Gasteiger partial charge >= 0.3 is 0 Å². The lowest BCUT2D eigenvalue weighted by atomic mass is 10.2. The third-order valence-electron chi connectivity index (χ3n) is 2.82. The summed E-state index contributed by atoms with van der Waals surface area (Å²) in [5.41, 5.74) is 0.867. The van der Waals surface area contributed by atoms with E-state index in [4.69, 9.17) is 0 Å². The van der Waals surface area contributed by atoms with Crippen molar-refractivity contribution in [1.29, 1.82) is 0 Å². The Morgan fingerprint density at radius 2 is 1.95 bits per heavy atom. The zero-order valence-corrected chi connectivity index (χ0v) is 12.0. The standard InChI is InChI=1S/C12H16N2O3S.ClH/c15-12(8-13-10-4-2-1-3-5-10)14-11-6-7-18(16,17)9-11;/h1-5,11,13H,6-9H2,(H,14,15);1H. The van der Waals surface area contributed by atoms with Crippen LogP contribution in [-0.4, -0.2) is 38.4 Å². The quantitative estimate of drug-likeness (QED) is 0.864. The number of anilines is 1. The minimum absolute atomic E-state index is 0. The lowest BCUT2D eigenvalue weighted by Gasteiger charge is -2.11. The molecule has 5 nitrogen and oxygen atoms in total. The first-order valence-corrected chi connectivity index (χ1v) is 7.66. The molecule has 2 N–H and O–H groups in total. The van der Waals surface area contributed by atoms with E-state index in [9.17, 15) is 13.2 Å². The van der Waals surface area contributed by atoms with E-state index >= 15 is 0 Å². The van der Waals surface area contributed by atoms with Crippen molar-refractivity contribution in [2.24, 2.45) is 0 Å². The molecule has 2 rings (SSSR count). The summed E-state index contributed by atoms with van der Waals surface area (Å²) in [4.78, 5) is 11.6. The van der Waals surface area contributed by atoms with Crippen LogP contribution in [0.1, 0.15) is 6.42 Å². The Labute approximate surface area is 119 Å². The van der Waals surface area contributed by atoms with Crippen LogP contribution in [0.4, 0.5) is 5.69 Å². The van der Waals surface area contributed by atoms with E-state index in [1.54, 1.807) is 0 Å². The maximum atomic E-state index is 11.6. The number of carbonyl (C=O) groups is 1. The number of hydrogen-bond acceptors (Lipinski definition) is 4. The van der Waals surface area contributed by atoms with Crippen molar-refractivity contribution >= 4 is 33.8 Å². The molecule has 0 spiro atoms. The number of hydrogen-bond donors (Lipinski definition) is 2. The van der Waals surface area contributed by atoms with Crippen molar-refractivity contribution in [2.75, 3.05) is 23.4 Å². The molecule has 19 heavy (non-hydrogen) atoms. The molecule has 1 amide bonds. The first kappa shape index (κ1) is 15.8. The molecule has 1 unspecified atom stereocenters. The fourth-order valence-corrected chi connectivity index (χ4v) is 3.60. The molecular weight excluding hydrogens is 288 g/mol. The van der Waals surface area contributed by atoms with E-state index < -0.39 is 9.84 Å². The summed E-state index contributed by atoms with van der Waals surface area (Å²) in [7, 11) is -2.94. The zero-order chi connectivity index (χ0) is 13.0. The topological polar surface area (TPSA) is 75.3 Å². The second-order valence-corrected chi connectivity index (χ2v) is 6.62. The summed E-state index contributed by atoms with van der Waals surface area (Å²) >= 11 is 0. The average molecular weight is 305 g/mol. The summed E-state index contributed by atoms with van der Waals surface area (Å²) in [5.74, 6) is 0.0506. The lowest BCUT2D eigenvalue weighted by Crippen LogP contribution is -2.39. The number of rotatable bonds is 4. The second-order valence-electron chi connectivity index (χ2n) is 4.39. The van der Waals surface area contributed by atoms with Crippen molar-refractivity contribution in [2.45, 2.75) is 12.5 Å². The molecule has 0 radical (unpaired) electrons. The Kier molecular flexibility index (Phi) is 5.62. The predicted octanol–water partition coefficient (Wildman–Crippen LogP) is 0.824. The van der Waals surface area contributed by atoms with Gasteiger partial charge in [-0.05, 0) is 18.6 Å². The number of benzene rings is 1. The van der Waals surface area contributed by atoms with Crippen LogP contribution in [0.3, 0.4) is 0 Å². The van der Waals surface area contributed by atoms with Crippen LogP contribution in [0.25, 0.3) is 0 Å². The molecule has 0 aromatic heterocycles. The van der Waals surface area contributed by atoms with Crippen molar-refractivity contribution in [3.05, 3.63) is 30.3 Å². The number of amides is 1. The van der Waals surface area contributed by atoms with Crippen molar-refractivity contribution in [3.8, 4) is 0 Å². The highest BCUT2D eigenvalue weighted by Crippen LogP contribution is 2.11. The van der Waals surface area contributed by atoms with Crippen LogP contribution >= 0.6 is 12.4 Å². The summed E-state index contributed by atoms with van der Waals surface area (Å²) in [6.45, 7) is 0.153. The zero-order valence-electron chi connectivity index (χ0n) is 10.3. The molecule has 1 atom stereocenters. The van der Waals surface area contributed by atoms with Crippen molar-refractivity contribution < 1.29 is 13.2 Å². The van der Waals surface area contributed by atoms with Gasteiger partial charge in [0.15, 0.2) is 9.84 Å². The predicted molar refractivity (Wildman–Crippen MR) is 77.4 cm³/mol. The third kappa shape index (κ3) is 5.08. The monoisotopic (exact) mass is 304 g/mol. The Bertz CT molecular complexity index is 519. The van der Waals surface area contributed by atoms with Gasteiger partial charge in [0.05, 0.1) is 18.1 Å². The molecule has 1 aliphatic heterocycles. The van der Waals surface area contributed by atoms with Crippen molar-refractivity contribution in [3.63, 3.8) is 0 Å². The highest BCUT2D eigenvalue weighted by molar-refractivity contribution is 7.91. The molecule has 7 heteroatoms. The second kappa shape index (κ2) is 6.77. The van der Waals surface area contributed by atoms with Gasteiger partial charge in [-0.3, -0.25) is 4.79 Å². The van der Waals surface area contributed by atoms with Crippen LogP contribution < -0.4 is 10.6 Å². The maximum Gasteiger partial charge on any atom is 0.239 e. The number of carbonyl (C=O) groups excluding carboxylic acids is 1. The van der Waals surface area contributed by atoms with E-state index in [2.05, 4.69) is 10.6 Å². The van der Waals surface area contributed by atoms with E-state index in [-0.39, 0.29) is 42.4 Å².